The van der Waals surface area contributed by atoms with Crippen molar-refractivity contribution in [3.63, 3.8) is 0 Å². The Kier molecular flexibility index (Phi) is 7.02. The topological polar surface area (TPSA) is 83.5 Å². The van der Waals surface area contributed by atoms with Gasteiger partial charge in [0.15, 0.2) is 0 Å². The van der Waals surface area contributed by atoms with Gasteiger partial charge < -0.3 is 10.1 Å². The highest BCUT2D eigenvalue weighted by Crippen LogP contribution is 2.27. The molecule has 8 nitrogen and oxygen atoms in total. The number of ether oxygens (including phenoxy) is 1. The van der Waals surface area contributed by atoms with Gasteiger partial charge in [-0.25, -0.2) is 20.0 Å². The summed E-state index contributed by atoms with van der Waals surface area (Å²) in [6, 6.07) is 23.4. The number of rotatable bonds is 7. The molecular formula is C27H26N6O2. The van der Waals surface area contributed by atoms with Crippen molar-refractivity contribution in [1.29, 1.82) is 0 Å². The van der Waals surface area contributed by atoms with Crippen molar-refractivity contribution in [2.45, 2.75) is 6.42 Å². The highest BCUT2D eigenvalue weighted by molar-refractivity contribution is 5.92. The Labute approximate surface area is 204 Å². The largest absolute Gasteiger partial charge is 0.379 e. The van der Waals surface area contributed by atoms with Crippen molar-refractivity contribution < 1.29 is 9.53 Å². The van der Waals surface area contributed by atoms with E-state index in [-0.39, 0.29) is 12.3 Å². The summed E-state index contributed by atoms with van der Waals surface area (Å²) < 4.78 is 5.54. The van der Waals surface area contributed by atoms with Crippen LogP contribution in [0.2, 0.25) is 0 Å². The number of carbonyl (C=O) groups is 1. The number of nitrogens with zero attached hydrogens (tertiary/aromatic N) is 5. The number of aromatic nitrogens is 3. The minimum Gasteiger partial charge on any atom is -0.379 e. The standard InChI is InChI=1S/C27H26N6O2/c34-26(19-21-5-4-13-28-20-21)30-23-10-8-22(9-11-23)25-12-14-29-27(31-25)33(24-6-2-1-3-7-24)32-15-17-35-18-16-32/h1-14,20H,15-19H2,(H,30,34). The maximum atomic E-state index is 12.4. The molecule has 1 fully saturated rings. The molecule has 3 heterocycles. The van der Waals surface area contributed by atoms with Crippen molar-refractivity contribution in [2.24, 2.45) is 0 Å². The fraction of sp³-hybridized carbons (Fsp3) is 0.185. The molecule has 0 bridgehead atoms. The van der Waals surface area contributed by atoms with Crippen LogP contribution in [0.25, 0.3) is 11.3 Å². The van der Waals surface area contributed by atoms with E-state index in [2.05, 4.69) is 37.4 Å². The Morgan fingerprint density at radius 1 is 0.943 bits per heavy atom. The molecule has 5 rings (SSSR count). The number of carbonyl (C=O) groups excluding carboxylic acids is 1. The predicted molar refractivity (Wildman–Crippen MR) is 135 cm³/mol. The zero-order valence-electron chi connectivity index (χ0n) is 19.2. The Morgan fingerprint density at radius 2 is 1.74 bits per heavy atom. The van der Waals surface area contributed by atoms with E-state index in [1.165, 1.54) is 0 Å². The zero-order chi connectivity index (χ0) is 23.9. The smallest absolute Gasteiger partial charge is 0.245 e. The van der Waals surface area contributed by atoms with Crippen molar-refractivity contribution >= 4 is 23.2 Å². The van der Waals surface area contributed by atoms with Crippen molar-refractivity contribution in [3.05, 3.63) is 97.0 Å². The summed E-state index contributed by atoms with van der Waals surface area (Å²) in [5.41, 5.74) is 4.35. The van der Waals surface area contributed by atoms with Crippen LogP contribution in [-0.4, -0.2) is 52.2 Å². The average molecular weight is 467 g/mol. The van der Waals surface area contributed by atoms with E-state index < -0.39 is 0 Å². The fourth-order valence-corrected chi connectivity index (χ4v) is 3.96. The van der Waals surface area contributed by atoms with Gasteiger partial charge in [-0.1, -0.05) is 36.4 Å². The molecule has 35 heavy (non-hydrogen) atoms. The minimum absolute atomic E-state index is 0.0842. The first kappa shape index (κ1) is 22.6. The molecule has 8 heteroatoms. The molecule has 0 atom stereocenters. The van der Waals surface area contributed by atoms with Crippen LogP contribution in [0.3, 0.4) is 0 Å². The van der Waals surface area contributed by atoms with Crippen molar-refractivity contribution in [2.75, 3.05) is 36.6 Å². The van der Waals surface area contributed by atoms with E-state index in [1.807, 2.05) is 60.7 Å². The van der Waals surface area contributed by atoms with Crippen LogP contribution >= 0.6 is 0 Å². The lowest BCUT2D eigenvalue weighted by molar-refractivity contribution is -0.115. The Bertz CT molecular complexity index is 1250. The highest BCUT2D eigenvalue weighted by atomic mass is 16.5. The van der Waals surface area contributed by atoms with Crippen LogP contribution in [-0.2, 0) is 16.0 Å². The second-order valence-corrected chi connectivity index (χ2v) is 8.12. The number of hydrazine groups is 1. The number of benzene rings is 2. The van der Waals surface area contributed by atoms with Gasteiger partial charge in [0.2, 0.25) is 11.9 Å². The normalized spacial score (nSPS) is 13.8. The first-order chi connectivity index (χ1) is 17.3. The first-order valence-electron chi connectivity index (χ1n) is 11.6. The molecule has 2 aromatic carbocycles. The molecule has 1 saturated heterocycles. The maximum Gasteiger partial charge on any atom is 0.245 e. The summed E-state index contributed by atoms with van der Waals surface area (Å²) in [5, 5.41) is 7.20. The first-order valence-corrected chi connectivity index (χ1v) is 11.6. The number of hydrogen-bond acceptors (Lipinski definition) is 7. The van der Waals surface area contributed by atoms with Gasteiger partial charge in [0.05, 0.1) is 31.0 Å². The number of amides is 1. The minimum atomic E-state index is -0.0842. The molecule has 2 aromatic heterocycles. The predicted octanol–water partition coefficient (Wildman–Crippen LogP) is 4.11. The van der Waals surface area contributed by atoms with Gasteiger partial charge >= 0.3 is 0 Å². The summed E-state index contributed by atoms with van der Waals surface area (Å²) in [7, 11) is 0. The van der Waals surface area contributed by atoms with E-state index in [4.69, 9.17) is 9.72 Å². The molecule has 4 aromatic rings. The summed E-state index contributed by atoms with van der Waals surface area (Å²) in [6.45, 7) is 2.85. The van der Waals surface area contributed by atoms with Crippen LogP contribution in [0.15, 0.2) is 91.4 Å². The number of morpholine rings is 1. The van der Waals surface area contributed by atoms with Crippen LogP contribution in [0.4, 0.5) is 17.3 Å². The third-order valence-corrected chi connectivity index (χ3v) is 5.66. The van der Waals surface area contributed by atoms with E-state index >= 15 is 0 Å². The molecule has 0 aliphatic carbocycles. The molecule has 1 amide bonds. The SMILES string of the molecule is O=C(Cc1cccnc1)Nc1ccc(-c2ccnc(N(c3ccccc3)N3CCOCC3)n2)cc1. The second kappa shape index (κ2) is 10.9. The lowest BCUT2D eigenvalue weighted by atomic mass is 10.1. The highest BCUT2D eigenvalue weighted by Gasteiger charge is 2.23. The van der Waals surface area contributed by atoms with E-state index in [1.54, 1.807) is 18.6 Å². The number of hydrogen-bond donors (Lipinski definition) is 1. The molecule has 176 valence electrons. The monoisotopic (exact) mass is 466 g/mol. The van der Waals surface area contributed by atoms with Gasteiger partial charge in [-0.05, 0) is 42.0 Å². The van der Waals surface area contributed by atoms with Gasteiger partial charge in [0.1, 0.15) is 0 Å². The van der Waals surface area contributed by atoms with Gasteiger partial charge in [0, 0.05) is 42.9 Å². The summed E-state index contributed by atoms with van der Waals surface area (Å²) in [5.74, 6) is 0.517. The third kappa shape index (κ3) is 5.68. The Balaban J connectivity index is 1.34. The van der Waals surface area contributed by atoms with Gasteiger partial charge in [-0.2, -0.15) is 0 Å². The molecular weight excluding hydrogens is 440 g/mol. The number of pyridine rings is 1. The van der Waals surface area contributed by atoms with Crippen LogP contribution in [0.5, 0.6) is 0 Å². The van der Waals surface area contributed by atoms with Gasteiger partial charge in [-0.15, -0.1) is 0 Å². The van der Waals surface area contributed by atoms with Crippen molar-refractivity contribution in [3.8, 4) is 11.3 Å². The average Bonchev–Trinajstić information content (AvgIpc) is 2.91. The quantitative estimate of drug-likeness (QED) is 0.439. The van der Waals surface area contributed by atoms with Crippen LogP contribution in [0, 0.1) is 0 Å². The molecule has 1 aliphatic heterocycles. The zero-order valence-corrected chi connectivity index (χ0v) is 19.2. The van der Waals surface area contributed by atoms with E-state index in [0.717, 1.165) is 41.3 Å². The summed E-state index contributed by atoms with van der Waals surface area (Å²) >= 11 is 0. The Hall–Kier alpha value is -4.14. The molecule has 0 radical (unpaired) electrons. The molecule has 0 unspecified atom stereocenters. The Morgan fingerprint density at radius 3 is 2.49 bits per heavy atom. The third-order valence-electron chi connectivity index (χ3n) is 5.66. The van der Waals surface area contributed by atoms with E-state index in [0.29, 0.717) is 19.2 Å². The summed E-state index contributed by atoms with van der Waals surface area (Å²) in [6.07, 6.45) is 5.45. The molecule has 0 saturated carbocycles. The molecule has 1 N–H and O–H groups in total. The van der Waals surface area contributed by atoms with Gasteiger partial charge in [-0.3, -0.25) is 9.78 Å². The lowest BCUT2D eigenvalue weighted by Crippen LogP contribution is -2.47. The number of para-hydroxylation sites is 1. The molecule has 1 aliphatic rings. The number of anilines is 3. The lowest BCUT2D eigenvalue weighted by Gasteiger charge is -2.37. The fourth-order valence-electron chi connectivity index (χ4n) is 3.96. The maximum absolute atomic E-state index is 12.4. The van der Waals surface area contributed by atoms with Crippen LogP contribution in [0.1, 0.15) is 5.56 Å². The van der Waals surface area contributed by atoms with Gasteiger partial charge in [0.25, 0.3) is 0 Å². The van der Waals surface area contributed by atoms with E-state index in [9.17, 15) is 4.79 Å². The van der Waals surface area contributed by atoms with Crippen LogP contribution < -0.4 is 10.3 Å². The summed E-state index contributed by atoms with van der Waals surface area (Å²) in [4.78, 5) is 25.9. The molecule has 0 spiro atoms. The number of nitrogens with one attached hydrogen (secondary N) is 1. The van der Waals surface area contributed by atoms with Crippen molar-refractivity contribution in [1.82, 2.24) is 20.0 Å². The second-order valence-electron chi connectivity index (χ2n) is 8.12.